The number of nitriles is 1. The van der Waals surface area contributed by atoms with Crippen LogP contribution >= 0.6 is 23.4 Å². The highest BCUT2D eigenvalue weighted by Gasteiger charge is 2.10. The minimum Gasteiger partial charge on any atom is -0.324 e. The third kappa shape index (κ3) is 4.18. The lowest BCUT2D eigenvalue weighted by atomic mass is 10.3. The number of anilines is 1. The van der Waals surface area contributed by atoms with Crippen molar-refractivity contribution in [3.05, 3.63) is 52.9 Å². The largest absolute Gasteiger partial charge is 0.324 e. The molecule has 4 nitrogen and oxygen atoms in total. The van der Waals surface area contributed by atoms with Crippen LogP contribution in [0.25, 0.3) is 0 Å². The fraction of sp³-hybridized carbons (Fsp3) is 0.0714. The Morgan fingerprint density at radius 3 is 3.05 bits per heavy atom. The molecule has 0 saturated carbocycles. The number of halogens is 2. The van der Waals surface area contributed by atoms with Crippen LogP contribution in [-0.2, 0) is 4.79 Å². The molecule has 0 spiro atoms. The molecule has 0 aliphatic rings. The molecule has 0 atom stereocenters. The number of amides is 1. The van der Waals surface area contributed by atoms with Gasteiger partial charge in [0.25, 0.3) is 0 Å². The van der Waals surface area contributed by atoms with Crippen LogP contribution in [0.1, 0.15) is 5.56 Å². The molecular formula is C14H9ClFN3OS. The number of aromatic nitrogens is 1. The molecular weight excluding hydrogens is 313 g/mol. The Morgan fingerprint density at radius 1 is 1.48 bits per heavy atom. The smallest absolute Gasteiger partial charge is 0.234 e. The van der Waals surface area contributed by atoms with Gasteiger partial charge in [0.1, 0.15) is 16.9 Å². The Bertz CT molecular complexity index is 718. The number of hydrogen-bond acceptors (Lipinski definition) is 4. The van der Waals surface area contributed by atoms with Crippen molar-refractivity contribution in [1.29, 1.82) is 5.26 Å². The van der Waals surface area contributed by atoms with Crippen molar-refractivity contribution in [2.45, 2.75) is 5.03 Å². The van der Waals surface area contributed by atoms with Crippen molar-refractivity contribution >= 4 is 35.0 Å². The van der Waals surface area contributed by atoms with E-state index in [1.807, 2.05) is 6.07 Å². The SMILES string of the molecule is N#Cc1cccnc1SCC(=O)Nc1cc(F)ccc1Cl. The van der Waals surface area contributed by atoms with Gasteiger partial charge in [0.15, 0.2) is 0 Å². The summed E-state index contributed by atoms with van der Waals surface area (Å²) in [5.74, 6) is -0.806. The average Bonchev–Trinajstić information content (AvgIpc) is 2.49. The van der Waals surface area contributed by atoms with Gasteiger partial charge >= 0.3 is 0 Å². The van der Waals surface area contributed by atoms with Crippen LogP contribution in [-0.4, -0.2) is 16.6 Å². The summed E-state index contributed by atoms with van der Waals surface area (Å²) in [4.78, 5) is 15.9. The first-order chi connectivity index (χ1) is 10.1. The van der Waals surface area contributed by atoms with Crippen LogP contribution in [0.5, 0.6) is 0 Å². The van der Waals surface area contributed by atoms with Crippen molar-refractivity contribution in [3.8, 4) is 6.07 Å². The van der Waals surface area contributed by atoms with Gasteiger partial charge in [-0.3, -0.25) is 4.79 Å². The molecule has 0 bridgehead atoms. The Kier molecular flexibility index (Phi) is 5.14. The first-order valence-corrected chi connectivity index (χ1v) is 7.19. The fourth-order valence-electron chi connectivity index (χ4n) is 1.50. The first-order valence-electron chi connectivity index (χ1n) is 5.83. The van der Waals surface area contributed by atoms with E-state index in [0.29, 0.717) is 10.6 Å². The summed E-state index contributed by atoms with van der Waals surface area (Å²) in [5.41, 5.74) is 0.614. The lowest BCUT2D eigenvalue weighted by molar-refractivity contribution is -0.113. The molecule has 1 N–H and O–H groups in total. The number of thioether (sulfide) groups is 1. The highest BCUT2D eigenvalue weighted by molar-refractivity contribution is 8.00. The van der Waals surface area contributed by atoms with E-state index < -0.39 is 5.82 Å². The van der Waals surface area contributed by atoms with Crippen molar-refractivity contribution in [3.63, 3.8) is 0 Å². The Morgan fingerprint density at radius 2 is 2.29 bits per heavy atom. The lowest BCUT2D eigenvalue weighted by Crippen LogP contribution is -2.14. The summed E-state index contributed by atoms with van der Waals surface area (Å²) in [7, 11) is 0. The maximum absolute atomic E-state index is 13.1. The molecule has 1 aromatic carbocycles. The molecule has 0 radical (unpaired) electrons. The quantitative estimate of drug-likeness (QED) is 0.876. The summed E-state index contributed by atoms with van der Waals surface area (Å²) in [6, 6.07) is 8.99. The summed E-state index contributed by atoms with van der Waals surface area (Å²) >= 11 is 6.99. The van der Waals surface area contributed by atoms with Gasteiger partial charge in [0, 0.05) is 6.20 Å². The summed E-state index contributed by atoms with van der Waals surface area (Å²) in [5, 5.41) is 12.2. The van der Waals surface area contributed by atoms with Crippen LogP contribution in [0, 0.1) is 17.1 Å². The van der Waals surface area contributed by atoms with Crippen LogP contribution in [0.3, 0.4) is 0 Å². The fourth-order valence-corrected chi connectivity index (χ4v) is 2.41. The zero-order chi connectivity index (χ0) is 15.2. The second-order valence-corrected chi connectivity index (χ2v) is 5.30. The molecule has 21 heavy (non-hydrogen) atoms. The van der Waals surface area contributed by atoms with E-state index in [2.05, 4.69) is 10.3 Å². The number of nitrogens with zero attached hydrogens (tertiary/aromatic N) is 2. The standard InChI is InChI=1S/C14H9ClFN3OS/c15-11-4-3-10(16)6-12(11)19-13(20)8-21-14-9(7-17)2-1-5-18-14/h1-6H,8H2,(H,19,20). The maximum Gasteiger partial charge on any atom is 0.234 e. The number of benzene rings is 1. The van der Waals surface area contributed by atoms with Crippen LogP contribution in [0.15, 0.2) is 41.6 Å². The average molecular weight is 322 g/mol. The van der Waals surface area contributed by atoms with Gasteiger partial charge in [0.2, 0.25) is 5.91 Å². The Hall–Kier alpha value is -2.10. The predicted octanol–water partition coefficient (Wildman–Crippen LogP) is 3.48. The molecule has 0 saturated heterocycles. The number of carbonyl (C=O) groups is 1. The summed E-state index contributed by atoms with van der Waals surface area (Å²) < 4.78 is 13.1. The molecule has 0 unspecified atom stereocenters. The predicted molar refractivity (Wildman–Crippen MR) is 79.7 cm³/mol. The van der Waals surface area contributed by atoms with Crippen LogP contribution in [0.2, 0.25) is 5.02 Å². The van der Waals surface area contributed by atoms with E-state index in [4.69, 9.17) is 16.9 Å². The molecule has 2 rings (SSSR count). The number of hydrogen-bond donors (Lipinski definition) is 1. The summed E-state index contributed by atoms with van der Waals surface area (Å²) in [6.45, 7) is 0. The van der Waals surface area contributed by atoms with Gasteiger partial charge in [-0.15, -0.1) is 0 Å². The second kappa shape index (κ2) is 7.07. The van der Waals surface area contributed by atoms with E-state index in [1.54, 1.807) is 18.3 Å². The molecule has 0 fully saturated rings. The molecule has 106 valence electrons. The van der Waals surface area contributed by atoms with Crippen molar-refractivity contribution in [2.75, 3.05) is 11.1 Å². The van der Waals surface area contributed by atoms with Gasteiger partial charge in [0.05, 0.1) is 22.0 Å². The van der Waals surface area contributed by atoms with Crippen molar-refractivity contribution in [1.82, 2.24) is 4.98 Å². The Labute approximate surface area is 129 Å². The maximum atomic E-state index is 13.1. The van der Waals surface area contributed by atoms with Gasteiger partial charge in [-0.1, -0.05) is 23.4 Å². The van der Waals surface area contributed by atoms with Crippen molar-refractivity contribution in [2.24, 2.45) is 0 Å². The summed E-state index contributed by atoms with van der Waals surface area (Å²) in [6.07, 6.45) is 1.55. The number of carbonyl (C=O) groups excluding carboxylic acids is 1. The van der Waals surface area contributed by atoms with E-state index in [-0.39, 0.29) is 22.4 Å². The molecule has 0 aliphatic heterocycles. The Balaban J connectivity index is 2.00. The highest BCUT2D eigenvalue weighted by atomic mass is 35.5. The molecule has 7 heteroatoms. The normalized spacial score (nSPS) is 9.95. The minimum absolute atomic E-state index is 0.0402. The third-order valence-electron chi connectivity index (χ3n) is 2.43. The minimum atomic E-state index is -0.487. The van der Waals surface area contributed by atoms with Gasteiger partial charge in [-0.25, -0.2) is 9.37 Å². The topological polar surface area (TPSA) is 65.8 Å². The number of rotatable bonds is 4. The van der Waals surface area contributed by atoms with Crippen LogP contribution in [0.4, 0.5) is 10.1 Å². The van der Waals surface area contributed by atoms with Crippen molar-refractivity contribution < 1.29 is 9.18 Å². The number of nitrogens with one attached hydrogen (secondary N) is 1. The van der Waals surface area contributed by atoms with Gasteiger partial charge in [-0.05, 0) is 30.3 Å². The first kappa shape index (κ1) is 15.3. The molecule has 2 aromatic rings. The van der Waals surface area contributed by atoms with Gasteiger partial charge < -0.3 is 5.32 Å². The van der Waals surface area contributed by atoms with E-state index >= 15 is 0 Å². The zero-order valence-corrected chi connectivity index (χ0v) is 12.2. The second-order valence-electron chi connectivity index (χ2n) is 3.93. The zero-order valence-electron chi connectivity index (χ0n) is 10.6. The van der Waals surface area contributed by atoms with E-state index in [0.717, 1.165) is 17.8 Å². The number of pyridine rings is 1. The third-order valence-corrected chi connectivity index (χ3v) is 3.77. The monoisotopic (exact) mass is 321 g/mol. The molecule has 1 aromatic heterocycles. The van der Waals surface area contributed by atoms with Crippen LogP contribution < -0.4 is 5.32 Å². The van der Waals surface area contributed by atoms with E-state index in [1.165, 1.54) is 12.1 Å². The molecule has 1 amide bonds. The van der Waals surface area contributed by atoms with E-state index in [9.17, 15) is 9.18 Å². The highest BCUT2D eigenvalue weighted by Crippen LogP contribution is 2.24. The van der Waals surface area contributed by atoms with Gasteiger partial charge in [-0.2, -0.15) is 5.26 Å². The lowest BCUT2D eigenvalue weighted by Gasteiger charge is -2.07. The molecule has 1 heterocycles. The molecule has 0 aliphatic carbocycles.